The molecular weight excluding hydrogens is 462 g/mol. The quantitative estimate of drug-likeness (QED) is 0.453. The van der Waals surface area contributed by atoms with Gasteiger partial charge >= 0.3 is 5.97 Å². The molecule has 0 spiro atoms. The van der Waals surface area contributed by atoms with Crippen LogP contribution in [-0.4, -0.2) is 51.5 Å². The number of benzene rings is 1. The van der Waals surface area contributed by atoms with Crippen molar-refractivity contribution < 1.29 is 29.0 Å². The second kappa shape index (κ2) is 10.6. The number of amides is 2. The molecule has 0 bridgehead atoms. The number of rotatable bonds is 7. The number of halogens is 1. The molecule has 1 aliphatic heterocycles. The summed E-state index contributed by atoms with van der Waals surface area (Å²) < 4.78 is 10.8. The molecule has 2 heterocycles. The van der Waals surface area contributed by atoms with Crippen LogP contribution in [0.5, 0.6) is 11.6 Å². The molecule has 9 nitrogen and oxygen atoms in total. The third kappa shape index (κ3) is 6.95. The highest BCUT2D eigenvalue weighted by atomic mass is 35.5. The van der Waals surface area contributed by atoms with Crippen molar-refractivity contribution in [2.45, 2.75) is 39.3 Å². The number of ether oxygens (including phenoxy) is 2. The molecule has 0 saturated carbocycles. The summed E-state index contributed by atoms with van der Waals surface area (Å²) in [7, 11) is 0. The maximum atomic E-state index is 12.9. The van der Waals surface area contributed by atoms with Crippen LogP contribution in [0.2, 0.25) is 5.02 Å². The normalized spacial score (nSPS) is 14.1. The zero-order chi connectivity index (χ0) is 24.9. The van der Waals surface area contributed by atoms with E-state index in [9.17, 15) is 19.5 Å². The minimum absolute atomic E-state index is 0.117. The van der Waals surface area contributed by atoms with Gasteiger partial charge in [0.1, 0.15) is 29.2 Å². The largest absolute Gasteiger partial charge is 0.511 e. The smallest absolute Gasteiger partial charge is 0.325 e. The molecular formula is C24H26ClN3O6. The van der Waals surface area contributed by atoms with Crippen LogP contribution in [0.4, 0.5) is 0 Å². The van der Waals surface area contributed by atoms with Gasteiger partial charge in [-0.3, -0.25) is 14.4 Å². The molecule has 0 saturated heterocycles. The summed E-state index contributed by atoms with van der Waals surface area (Å²) in [6.07, 6.45) is 1.69. The van der Waals surface area contributed by atoms with Crippen LogP contribution in [0, 0.1) is 0 Å². The van der Waals surface area contributed by atoms with E-state index in [4.69, 9.17) is 21.1 Å². The summed E-state index contributed by atoms with van der Waals surface area (Å²) in [4.78, 5) is 42.9. The van der Waals surface area contributed by atoms with E-state index in [1.54, 1.807) is 63.4 Å². The number of nitrogens with one attached hydrogen (secondary N) is 1. The Balaban J connectivity index is 1.59. The fraction of sp³-hybridized carbons (Fsp3) is 0.333. The summed E-state index contributed by atoms with van der Waals surface area (Å²) in [6.45, 7) is 5.11. The summed E-state index contributed by atoms with van der Waals surface area (Å²) in [6, 6.07) is 10.3. The summed E-state index contributed by atoms with van der Waals surface area (Å²) in [5.41, 5.74) is -0.374. The molecule has 10 heteroatoms. The average Bonchev–Trinajstić information content (AvgIpc) is 2.76. The lowest BCUT2D eigenvalue weighted by Gasteiger charge is -2.28. The van der Waals surface area contributed by atoms with Gasteiger partial charge in [-0.2, -0.15) is 0 Å². The first-order chi connectivity index (χ1) is 16.0. The van der Waals surface area contributed by atoms with Gasteiger partial charge in [-0.25, -0.2) is 4.98 Å². The van der Waals surface area contributed by atoms with Crippen molar-refractivity contribution in [2.75, 3.05) is 13.1 Å². The van der Waals surface area contributed by atoms with Crippen molar-refractivity contribution in [3.8, 4) is 11.6 Å². The number of carbonyl (C=O) groups excluding carboxylic acids is 3. The highest BCUT2D eigenvalue weighted by Gasteiger charge is 2.32. The lowest BCUT2D eigenvalue weighted by molar-refractivity contribution is -0.154. The molecule has 2 N–H and O–H groups in total. The van der Waals surface area contributed by atoms with Gasteiger partial charge in [0.15, 0.2) is 0 Å². The zero-order valence-corrected chi connectivity index (χ0v) is 19.9. The third-order valence-corrected chi connectivity index (χ3v) is 4.91. The number of aliphatic hydroxyl groups excluding tert-OH is 1. The van der Waals surface area contributed by atoms with Crippen LogP contribution in [0.1, 0.15) is 32.8 Å². The number of aromatic nitrogens is 1. The van der Waals surface area contributed by atoms with Crippen LogP contribution in [0.3, 0.4) is 0 Å². The van der Waals surface area contributed by atoms with Gasteiger partial charge in [-0.05, 0) is 50.6 Å². The summed E-state index contributed by atoms with van der Waals surface area (Å²) >= 11 is 5.87. The van der Waals surface area contributed by atoms with Crippen molar-refractivity contribution in [1.29, 1.82) is 0 Å². The average molecular weight is 488 g/mol. The van der Waals surface area contributed by atoms with Crippen LogP contribution in [-0.2, 0) is 25.7 Å². The van der Waals surface area contributed by atoms with Gasteiger partial charge in [-0.1, -0.05) is 17.7 Å². The molecule has 1 aliphatic rings. The van der Waals surface area contributed by atoms with Gasteiger partial charge in [0.2, 0.25) is 5.88 Å². The molecule has 1 aromatic carbocycles. The first-order valence-electron chi connectivity index (χ1n) is 10.6. The minimum Gasteiger partial charge on any atom is -0.511 e. The number of hydrogen-bond donors (Lipinski definition) is 2. The molecule has 34 heavy (non-hydrogen) atoms. The van der Waals surface area contributed by atoms with E-state index in [1.807, 2.05) is 0 Å². The number of aliphatic hydroxyl groups is 1. The van der Waals surface area contributed by atoms with Crippen LogP contribution in [0.25, 0.3) is 0 Å². The summed E-state index contributed by atoms with van der Waals surface area (Å²) in [5.74, 6) is -1.47. The lowest BCUT2D eigenvalue weighted by atomic mass is 10.1. The van der Waals surface area contributed by atoms with Gasteiger partial charge < -0.3 is 24.8 Å². The molecule has 0 fully saturated rings. The first kappa shape index (κ1) is 25.0. The van der Waals surface area contributed by atoms with E-state index in [1.165, 1.54) is 4.90 Å². The van der Waals surface area contributed by atoms with Gasteiger partial charge in [0, 0.05) is 36.8 Å². The predicted molar refractivity (Wildman–Crippen MR) is 124 cm³/mol. The Morgan fingerprint density at radius 2 is 1.88 bits per heavy atom. The highest BCUT2D eigenvalue weighted by molar-refractivity contribution is 6.30. The van der Waals surface area contributed by atoms with E-state index in [2.05, 4.69) is 10.3 Å². The van der Waals surface area contributed by atoms with E-state index in [0.717, 1.165) is 0 Å². The topological polar surface area (TPSA) is 118 Å². The fourth-order valence-electron chi connectivity index (χ4n) is 3.16. The molecule has 0 unspecified atom stereocenters. The van der Waals surface area contributed by atoms with E-state index in [-0.39, 0.29) is 30.8 Å². The fourth-order valence-corrected chi connectivity index (χ4v) is 3.28. The third-order valence-electron chi connectivity index (χ3n) is 4.66. The van der Waals surface area contributed by atoms with Crippen LogP contribution < -0.4 is 10.1 Å². The number of pyridine rings is 1. The van der Waals surface area contributed by atoms with E-state index < -0.39 is 29.9 Å². The molecule has 180 valence electrons. The molecule has 1 aromatic heterocycles. The molecule has 2 aromatic rings. The Morgan fingerprint density at radius 1 is 1.18 bits per heavy atom. The first-order valence-corrected chi connectivity index (χ1v) is 11.0. The highest BCUT2D eigenvalue weighted by Crippen LogP contribution is 2.23. The Labute approximate surface area is 202 Å². The monoisotopic (exact) mass is 487 g/mol. The second-order valence-corrected chi connectivity index (χ2v) is 9.06. The van der Waals surface area contributed by atoms with E-state index in [0.29, 0.717) is 22.2 Å². The predicted octanol–water partition coefficient (Wildman–Crippen LogP) is 3.53. The standard InChI is InChI=1S/C24H26ClN3O6/c1-24(2,3)34-20(30)13-27-22(31)21-18(29)10-11-28(23(21)32)14-15-4-9-19(26-12-15)33-17-7-5-16(25)6-8-17/h4-9,12,29H,10-11,13-14H2,1-3H3,(H,27,31). The molecule has 2 amide bonds. The van der Waals surface area contributed by atoms with Crippen molar-refractivity contribution in [1.82, 2.24) is 15.2 Å². The maximum Gasteiger partial charge on any atom is 0.325 e. The Bertz CT molecular complexity index is 1090. The van der Waals surface area contributed by atoms with Crippen molar-refractivity contribution in [3.05, 3.63) is 64.5 Å². The second-order valence-electron chi connectivity index (χ2n) is 8.63. The van der Waals surface area contributed by atoms with Crippen LogP contribution >= 0.6 is 11.6 Å². The summed E-state index contributed by atoms with van der Waals surface area (Å²) in [5, 5.41) is 13.1. The SMILES string of the molecule is CC(C)(C)OC(=O)CNC(=O)C1=C(O)CCN(Cc2ccc(Oc3ccc(Cl)cc3)nc2)C1=O. The Hall–Kier alpha value is -3.59. The Morgan fingerprint density at radius 3 is 2.50 bits per heavy atom. The van der Waals surface area contributed by atoms with Crippen LogP contribution in [0.15, 0.2) is 53.9 Å². The number of hydrogen-bond acceptors (Lipinski definition) is 7. The van der Waals surface area contributed by atoms with Crippen molar-refractivity contribution in [3.63, 3.8) is 0 Å². The number of nitrogens with zero attached hydrogens (tertiary/aromatic N) is 2. The van der Waals surface area contributed by atoms with Gasteiger partial charge in [0.05, 0.1) is 0 Å². The number of esters is 1. The van der Waals surface area contributed by atoms with E-state index >= 15 is 0 Å². The lowest BCUT2D eigenvalue weighted by Crippen LogP contribution is -2.43. The molecule has 3 rings (SSSR count). The maximum absolute atomic E-state index is 12.9. The number of carbonyl (C=O) groups is 3. The van der Waals surface area contributed by atoms with Gasteiger partial charge in [0.25, 0.3) is 11.8 Å². The van der Waals surface area contributed by atoms with Crippen molar-refractivity contribution >= 4 is 29.4 Å². The van der Waals surface area contributed by atoms with Crippen molar-refractivity contribution in [2.24, 2.45) is 0 Å². The minimum atomic E-state index is -0.831. The Kier molecular flexibility index (Phi) is 7.78. The molecule has 0 radical (unpaired) electrons. The molecule has 0 aliphatic carbocycles. The zero-order valence-electron chi connectivity index (χ0n) is 19.1. The van der Waals surface area contributed by atoms with Gasteiger partial charge in [-0.15, -0.1) is 0 Å². The molecule has 0 atom stereocenters.